The molecule has 0 saturated carbocycles. The van der Waals surface area contributed by atoms with Gasteiger partial charge in [0.15, 0.2) is 0 Å². The predicted molar refractivity (Wildman–Crippen MR) is 88.0 cm³/mol. The molecule has 0 aromatic carbocycles. The summed E-state index contributed by atoms with van der Waals surface area (Å²) < 4.78 is 6.83. The smallest absolute Gasteiger partial charge is 0.132 e. The molecule has 1 heterocycles. The van der Waals surface area contributed by atoms with Gasteiger partial charge >= 0.3 is 0 Å². The van der Waals surface area contributed by atoms with Gasteiger partial charge in [0.1, 0.15) is 14.3 Å². The van der Waals surface area contributed by atoms with E-state index >= 15 is 0 Å². The monoisotopic (exact) mass is 378 g/mol. The van der Waals surface area contributed by atoms with Crippen molar-refractivity contribution in [1.82, 2.24) is 0 Å². The average Bonchev–Trinajstić information content (AvgIpc) is 2.59. The lowest BCUT2D eigenvalue weighted by Crippen LogP contribution is -2.50. The minimum absolute atomic E-state index is 0.191. The van der Waals surface area contributed by atoms with Gasteiger partial charge in [-0.25, -0.2) is 0 Å². The van der Waals surface area contributed by atoms with Crippen LogP contribution in [-0.2, 0) is 0 Å². The van der Waals surface area contributed by atoms with Crippen molar-refractivity contribution in [2.24, 2.45) is 0 Å². The Morgan fingerprint density at radius 1 is 1.50 bits per heavy atom. The van der Waals surface area contributed by atoms with Crippen LogP contribution in [0.4, 0.5) is 0 Å². The maximum absolute atomic E-state index is 10.3. The van der Waals surface area contributed by atoms with Crippen LogP contribution in [0.5, 0.6) is 0 Å². The van der Waals surface area contributed by atoms with Gasteiger partial charge in [-0.1, -0.05) is 39.9 Å². The predicted octanol–water partition coefficient (Wildman–Crippen LogP) is 4.21. The molecule has 1 aromatic heterocycles. The molecule has 1 rings (SSSR count). The van der Waals surface area contributed by atoms with Gasteiger partial charge in [-0.2, -0.15) is 0 Å². The van der Waals surface area contributed by atoms with Gasteiger partial charge < -0.3 is 9.52 Å². The van der Waals surface area contributed by atoms with Crippen molar-refractivity contribution in [3.05, 3.63) is 28.1 Å². The maximum atomic E-state index is 10.3. The average molecular weight is 378 g/mol. The summed E-state index contributed by atoms with van der Waals surface area (Å²) in [7, 11) is -1.76. The van der Waals surface area contributed by atoms with E-state index in [-0.39, 0.29) is 5.04 Å². The van der Waals surface area contributed by atoms with Crippen LogP contribution in [0.15, 0.2) is 23.3 Å². The third-order valence-electron chi connectivity index (χ3n) is 3.95. The fourth-order valence-corrected chi connectivity index (χ4v) is 4.75. The molecule has 18 heavy (non-hydrogen) atoms. The van der Waals surface area contributed by atoms with Crippen molar-refractivity contribution >= 4 is 36.0 Å². The molecule has 0 saturated heterocycles. The van der Waals surface area contributed by atoms with Crippen LogP contribution < -0.4 is 5.38 Å². The molecule has 0 radical (unpaired) electrons. The number of rotatable bonds is 4. The second kappa shape index (κ2) is 5.51. The van der Waals surface area contributed by atoms with Gasteiger partial charge in [0.25, 0.3) is 0 Å². The molecule has 0 aliphatic rings. The summed E-state index contributed by atoms with van der Waals surface area (Å²) in [6, 6.07) is 0. The van der Waals surface area contributed by atoms with E-state index in [1.807, 2.05) is 0 Å². The highest BCUT2D eigenvalue weighted by atomic mass is 127. The van der Waals surface area contributed by atoms with Crippen molar-refractivity contribution in [3.63, 3.8) is 0 Å². The SMILES string of the molecule is C=CCC(O)c1c(I)coc1[Si](C)(C)C(C)(C)C. The summed E-state index contributed by atoms with van der Waals surface area (Å²) >= 11 is 2.24. The van der Waals surface area contributed by atoms with Crippen molar-refractivity contribution in [3.8, 4) is 0 Å². The fourth-order valence-electron chi connectivity index (χ4n) is 1.76. The first-order chi connectivity index (χ1) is 8.13. The highest BCUT2D eigenvalue weighted by Gasteiger charge is 2.42. The molecule has 102 valence electrons. The molecule has 0 aliphatic carbocycles. The molecule has 4 heteroatoms. The van der Waals surface area contributed by atoms with Gasteiger partial charge in [0.05, 0.1) is 15.1 Å². The van der Waals surface area contributed by atoms with Crippen LogP contribution in [0.3, 0.4) is 0 Å². The minimum atomic E-state index is -1.76. The van der Waals surface area contributed by atoms with Crippen LogP contribution in [0.2, 0.25) is 18.1 Å². The number of halogens is 1. The molecule has 1 unspecified atom stereocenters. The first-order valence-electron chi connectivity index (χ1n) is 6.19. The van der Waals surface area contributed by atoms with Crippen molar-refractivity contribution < 1.29 is 9.52 Å². The van der Waals surface area contributed by atoms with Crippen molar-refractivity contribution in [2.45, 2.75) is 51.4 Å². The maximum Gasteiger partial charge on any atom is 0.132 e. The van der Waals surface area contributed by atoms with Gasteiger partial charge in [-0.3, -0.25) is 0 Å². The molecule has 2 nitrogen and oxygen atoms in total. The third kappa shape index (κ3) is 2.91. The van der Waals surface area contributed by atoms with E-state index in [1.54, 1.807) is 12.3 Å². The zero-order valence-corrected chi connectivity index (χ0v) is 15.0. The molecule has 0 spiro atoms. The minimum Gasteiger partial charge on any atom is -0.473 e. The number of hydrogen-bond donors (Lipinski definition) is 1. The fraction of sp³-hybridized carbons (Fsp3) is 0.571. The van der Waals surface area contributed by atoms with E-state index in [9.17, 15) is 5.11 Å². The summed E-state index contributed by atoms with van der Waals surface area (Å²) in [4.78, 5) is 0. The number of hydrogen-bond acceptors (Lipinski definition) is 2. The Balaban J connectivity index is 3.31. The van der Waals surface area contributed by atoms with Gasteiger partial charge in [0.2, 0.25) is 0 Å². The Hall–Kier alpha value is -0.0731. The largest absolute Gasteiger partial charge is 0.473 e. The first kappa shape index (κ1) is 16.0. The molecule has 1 atom stereocenters. The highest BCUT2D eigenvalue weighted by Crippen LogP contribution is 2.38. The van der Waals surface area contributed by atoms with Crippen molar-refractivity contribution in [1.29, 1.82) is 0 Å². The van der Waals surface area contributed by atoms with E-state index in [4.69, 9.17) is 4.42 Å². The Morgan fingerprint density at radius 3 is 2.50 bits per heavy atom. The summed E-state index contributed by atoms with van der Waals surface area (Å²) in [5.41, 5.74) is 0.974. The standard InChI is InChI=1S/C14H23IO2Si/c1-7-8-11(16)12-10(15)9-17-13(12)18(5,6)14(2,3)4/h7,9,11,16H,1,8H2,2-6H3. The second-order valence-electron chi connectivity index (χ2n) is 6.24. The normalized spacial score (nSPS) is 14.6. The zero-order chi connectivity index (χ0) is 14.1. The molecular weight excluding hydrogens is 355 g/mol. The van der Waals surface area contributed by atoms with Crippen LogP contribution in [0, 0.1) is 3.57 Å². The van der Waals surface area contributed by atoms with Crippen LogP contribution in [-0.4, -0.2) is 13.2 Å². The van der Waals surface area contributed by atoms with Crippen molar-refractivity contribution in [2.75, 3.05) is 0 Å². The van der Waals surface area contributed by atoms with Gasteiger partial charge in [0, 0.05) is 5.56 Å². The molecule has 0 aliphatic heterocycles. The summed E-state index contributed by atoms with van der Waals surface area (Å²) in [5, 5.41) is 11.5. The lowest BCUT2D eigenvalue weighted by molar-refractivity contribution is 0.181. The second-order valence-corrected chi connectivity index (χ2v) is 12.6. The lowest BCUT2D eigenvalue weighted by atomic mass is 10.1. The molecule has 0 bridgehead atoms. The van der Waals surface area contributed by atoms with Crippen LogP contribution in [0.25, 0.3) is 0 Å². The van der Waals surface area contributed by atoms with Crippen LogP contribution in [0.1, 0.15) is 38.9 Å². The van der Waals surface area contributed by atoms with E-state index in [0.717, 1.165) is 14.5 Å². The Morgan fingerprint density at radius 2 is 2.06 bits per heavy atom. The number of furan rings is 1. The molecule has 1 N–H and O–H groups in total. The van der Waals surface area contributed by atoms with Crippen LogP contribution >= 0.6 is 22.6 Å². The number of aliphatic hydroxyl groups excluding tert-OH is 1. The van der Waals surface area contributed by atoms with E-state index in [1.165, 1.54) is 0 Å². The first-order valence-corrected chi connectivity index (χ1v) is 10.3. The van der Waals surface area contributed by atoms with Gasteiger partial charge in [-0.15, -0.1) is 6.58 Å². The third-order valence-corrected chi connectivity index (χ3v) is 10.1. The zero-order valence-electron chi connectivity index (χ0n) is 11.9. The van der Waals surface area contributed by atoms with E-state index < -0.39 is 14.2 Å². The lowest BCUT2D eigenvalue weighted by Gasteiger charge is -2.36. The summed E-state index contributed by atoms with van der Waals surface area (Å²) in [6.45, 7) is 15.0. The Bertz CT molecular complexity index is 429. The molecule has 1 aromatic rings. The molecule has 0 amide bonds. The van der Waals surface area contributed by atoms with E-state index in [2.05, 4.69) is 63.0 Å². The summed E-state index contributed by atoms with van der Waals surface area (Å²) in [5.74, 6) is 0. The van der Waals surface area contributed by atoms with Gasteiger partial charge in [-0.05, 0) is 34.0 Å². The van der Waals surface area contributed by atoms with E-state index in [0.29, 0.717) is 6.42 Å². The highest BCUT2D eigenvalue weighted by molar-refractivity contribution is 14.1. The topological polar surface area (TPSA) is 33.4 Å². The Labute approximate surface area is 125 Å². The summed E-state index contributed by atoms with van der Waals surface area (Å²) in [6.07, 6.45) is 3.58. The quantitative estimate of drug-likeness (QED) is 0.484. The number of aliphatic hydroxyl groups is 1. The molecular formula is C14H23IO2Si. The Kier molecular flexibility index (Phi) is 4.89. The molecule has 0 fully saturated rings.